The fraction of sp³-hybridized carbons (Fsp3) is 0.500. The minimum absolute atomic E-state index is 0.0471. The van der Waals surface area contributed by atoms with Crippen LogP contribution in [0, 0.1) is 10.1 Å². The highest BCUT2D eigenvalue weighted by atomic mass is 16.6. The summed E-state index contributed by atoms with van der Waals surface area (Å²) in [5.41, 5.74) is 2.03. The highest BCUT2D eigenvalue weighted by Crippen LogP contribution is 2.16. The van der Waals surface area contributed by atoms with Crippen LogP contribution in [0.1, 0.15) is 54.9 Å². The Morgan fingerprint density at radius 1 is 0.968 bits per heavy atom. The van der Waals surface area contributed by atoms with E-state index < -0.39 is 4.92 Å². The zero-order chi connectivity index (χ0) is 24.5. The van der Waals surface area contributed by atoms with Gasteiger partial charge in [-0.15, -0.1) is 0 Å². The number of aliphatic hydroxyl groups is 1. The number of non-ortho nitro benzene ring substituents is 1. The minimum Gasteiger partial charge on any atom is -0.491 e. The van der Waals surface area contributed by atoms with Crippen molar-refractivity contribution in [3.05, 3.63) is 58.6 Å². The Hall–Kier alpha value is -2.80. The number of nitro benzene ring substituents is 1. The molecule has 2 rings (SSSR count). The van der Waals surface area contributed by atoms with Crippen LogP contribution in [0.4, 0.5) is 17.1 Å². The number of rotatable bonds is 7. The quantitative estimate of drug-likeness (QED) is 0.334. The van der Waals surface area contributed by atoms with Gasteiger partial charge in [0, 0.05) is 43.2 Å². The SMILES string of the molecule is CC.CC.CCC.CCNc1cccc(OCCO)c1.CNc1ccc([N+](=O)[O-])cc1. The number of hydrogen-bond acceptors (Lipinski definition) is 6. The van der Waals surface area contributed by atoms with Crippen molar-refractivity contribution in [2.24, 2.45) is 0 Å². The lowest BCUT2D eigenvalue weighted by atomic mass is 10.3. The van der Waals surface area contributed by atoms with Crippen molar-refractivity contribution in [2.75, 3.05) is 37.4 Å². The van der Waals surface area contributed by atoms with Crippen LogP contribution in [-0.4, -0.2) is 36.8 Å². The third kappa shape index (κ3) is 18.9. The number of anilines is 2. The van der Waals surface area contributed by atoms with Gasteiger partial charge in [-0.1, -0.05) is 54.0 Å². The average Bonchev–Trinajstić information content (AvgIpc) is 2.82. The van der Waals surface area contributed by atoms with Crippen molar-refractivity contribution < 1.29 is 14.8 Å². The summed E-state index contributed by atoms with van der Waals surface area (Å²) >= 11 is 0. The number of benzene rings is 2. The number of ether oxygens (including phenoxy) is 1. The van der Waals surface area contributed by atoms with Crippen molar-refractivity contribution in [1.82, 2.24) is 0 Å². The third-order valence-corrected chi connectivity index (χ3v) is 2.94. The van der Waals surface area contributed by atoms with Gasteiger partial charge in [0.15, 0.2) is 0 Å². The van der Waals surface area contributed by atoms with Crippen molar-refractivity contribution in [2.45, 2.75) is 54.9 Å². The van der Waals surface area contributed by atoms with E-state index in [4.69, 9.17) is 9.84 Å². The molecular formula is C24H43N3O4. The van der Waals surface area contributed by atoms with E-state index in [1.807, 2.05) is 58.9 Å². The van der Waals surface area contributed by atoms with Gasteiger partial charge in [0.25, 0.3) is 5.69 Å². The molecule has 0 aromatic heterocycles. The molecule has 0 atom stereocenters. The molecule has 0 unspecified atom stereocenters. The van der Waals surface area contributed by atoms with Gasteiger partial charge >= 0.3 is 0 Å². The first kappa shape index (κ1) is 32.9. The monoisotopic (exact) mass is 437 g/mol. The Bertz CT molecular complexity index is 635. The van der Waals surface area contributed by atoms with Gasteiger partial charge in [-0.2, -0.15) is 0 Å². The predicted molar refractivity (Wildman–Crippen MR) is 134 cm³/mol. The molecule has 0 saturated carbocycles. The highest BCUT2D eigenvalue weighted by molar-refractivity contribution is 5.48. The van der Waals surface area contributed by atoms with Crippen LogP contribution in [0.3, 0.4) is 0 Å². The Kier molecular flexibility index (Phi) is 26.7. The summed E-state index contributed by atoms with van der Waals surface area (Å²) < 4.78 is 5.25. The second kappa shape index (κ2) is 25.2. The lowest BCUT2D eigenvalue weighted by Crippen LogP contribution is -2.02. The number of nitrogens with one attached hydrogen (secondary N) is 2. The van der Waals surface area contributed by atoms with Gasteiger partial charge in [-0.05, 0) is 31.2 Å². The number of nitro groups is 1. The molecule has 31 heavy (non-hydrogen) atoms. The molecule has 0 aliphatic carbocycles. The van der Waals surface area contributed by atoms with Crippen LogP contribution >= 0.6 is 0 Å². The van der Waals surface area contributed by atoms with Crippen LogP contribution in [0.15, 0.2) is 48.5 Å². The fourth-order valence-corrected chi connectivity index (χ4v) is 1.81. The van der Waals surface area contributed by atoms with E-state index in [1.54, 1.807) is 19.2 Å². The molecular weight excluding hydrogens is 394 g/mol. The molecule has 178 valence electrons. The summed E-state index contributed by atoms with van der Waals surface area (Å²) in [7, 11) is 1.77. The molecule has 0 aliphatic rings. The van der Waals surface area contributed by atoms with E-state index >= 15 is 0 Å². The van der Waals surface area contributed by atoms with Gasteiger partial charge < -0.3 is 20.5 Å². The van der Waals surface area contributed by atoms with E-state index in [1.165, 1.54) is 18.6 Å². The highest BCUT2D eigenvalue weighted by Gasteiger charge is 2.01. The van der Waals surface area contributed by atoms with Crippen molar-refractivity contribution >= 4 is 17.1 Å². The van der Waals surface area contributed by atoms with E-state index in [-0.39, 0.29) is 12.3 Å². The van der Waals surface area contributed by atoms with Crippen LogP contribution in [0.2, 0.25) is 0 Å². The van der Waals surface area contributed by atoms with Gasteiger partial charge in [-0.25, -0.2) is 0 Å². The first-order valence-electron chi connectivity index (χ1n) is 11.0. The van der Waals surface area contributed by atoms with Crippen molar-refractivity contribution in [3.8, 4) is 5.75 Å². The van der Waals surface area contributed by atoms with Gasteiger partial charge in [-0.3, -0.25) is 10.1 Å². The molecule has 0 amide bonds. The molecule has 0 saturated heterocycles. The van der Waals surface area contributed by atoms with E-state index in [0.717, 1.165) is 23.7 Å². The summed E-state index contributed by atoms with van der Waals surface area (Å²) in [4.78, 5) is 9.77. The maximum atomic E-state index is 10.2. The molecule has 0 heterocycles. The summed E-state index contributed by atoms with van der Waals surface area (Å²) in [6.07, 6.45) is 1.25. The lowest BCUT2D eigenvalue weighted by molar-refractivity contribution is -0.384. The van der Waals surface area contributed by atoms with E-state index in [0.29, 0.717) is 6.61 Å². The first-order chi connectivity index (χ1) is 15.0. The van der Waals surface area contributed by atoms with Crippen LogP contribution in [0.5, 0.6) is 5.75 Å². The second-order valence-corrected chi connectivity index (χ2v) is 5.39. The van der Waals surface area contributed by atoms with E-state index in [9.17, 15) is 10.1 Å². The number of hydrogen-bond donors (Lipinski definition) is 3. The van der Waals surface area contributed by atoms with Gasteiger partial charge in [0.1, 0.15) is 12.4 Å². The smallest absolute Gasteiger partial charge is 0.269 e. The molecule has 0 fully saturated rings. The van der Waals surface area contributed by atoms with Gasteiger partial charge in [0.2, 0.25) is 0 Å². The van der Waals surface area contributed by atoms with Crippen LogP contribution < -0.4 is 15.4 Å². The molecule has 3 N–H and O–H groups in total. The molecule has 2 aromatic rings. The molecule has 0 bridgehead atoms. The van der Waals surface area contributed by atoms with Crippen molar-refractivity contribution in [3.63, 3.8) is 0 Å². The Labute approximate surface area is 189 Å². The molecule has 7 nitrogen and oxygen atoms in total. The first-order valence-corrected chi connectivity index (χ1v) is 11.0. The topological polar surface area (TPSA) is 96.7 Å². The maximum Gasteiger partial charge on any atom is 0.269 e. The largest absolute Gasteiger partial charge is 0.491 e. The van der Waals surface area contributed by atoms with E-state index in [2.05, 4.69) is 24.5 Å². The second-order valence-electron chi connectivity index (χ2n) is 5.39. The average molecular weight is 438 g/mol. The predicted octanol–water partition coefficient (Wildman–Crippen LogP) is 6.59. The Balaban J connectivity index is -0.000000396. The number of aliphatic hydroxyl groups excluding tert-OH is 1. The standard InChI is InChI=1S/C10H15NO2.C7H8N2O2.C3H8.2C2H6/c1-2-11-9-4-3-5-10(8-9)13-7-6-12;1-8-6-2-4-7(5-3-6)9(10)11;1-3-2;2*1-2/h3-5,8,11-12H,2,6-7H2,1H3;2-5,8H,1H3;3H2,1-2H3;2*1-2H3. The molecule has 0 radical (unpaired) electrons. The summed E-state index contributed by atoms with van der Waals surface area (Å²) in [5, 5.41) is 24.8. The fourth-order valence-electron chi connectivity index (χ4n) is 1.81. The van der Waals surface area contributed by atoms with Gasteiger partial charge in [0.05, 0.1) is 11.5 Å². The normalized spacial score (nSPS) is 8.29. The minimum atomic E-state index is -0.417. The van der Waals surface area contributed by atoms with Crippen molar-refractivity contribution in [1.29, 1.82) is 0 Å². The zero-order valence-corrected chi connectivity index (χ0v) is 20.6. The number of nitrogens with zero attached hydrogens (tertiary/aromatic N) is 1. The maximum absolute atomic E-state index is 10.2. The zero-order valence-electron chi connectivity index (χ0n) is 20.6. The summed E-state index contributed by atoms with van der Waals surface area (Å²) in [6, 6.07) is 13.9. The summed E-state index contributed by atoms with van der Waals surface area (Å²) in [6.45, 7) is 15.6. The summed E-state index contributed by atoms with van der Waals surface area (Å²) in [5.74, 6) is 0.785. The lowest BCUT2D eigenvalue weighted by Gasteiger charge is -2.07. The van der Waals surface area contributed by atoms with Crippen LogP contribution in [-0.2, 0) is 0 Å². The Morgan fingerprint density at radius 3 is 1.94 bits per heavy atom. The Morgan fingerprint density at radius 2 is 1.52 bits per heavy atom. The van der Waals surface area contributed by atoms with Crippen LogP contribution in [0.25, 0.3) is 0 Å². The molecule has 0 aliphatic heterocycles. The molecule has 0 spiro atoms. The third-order valence-electron chi connectivity index (χ3n) is 2.94. The molecule has 2 aromatic carbocycles. The molecule has 7 heteroatoms.